The van der Waals surface area contributed by atoms with Crippen molar-refractivity contribution < 1.29 is 14.3 Å². The lowest BCUT2D eigenvalue weighted by Gasteiger charge is -2.47. The van der Waals surface area contributed by atoms with Crippen molar-refractivity contribution in [2.75, 3.05) is 39.4 Å². The van der Waals surface area contributed by atoms with Gasteiger partial charge < -0.3 is 14.4 Å². The molecule has 1 atom stereocenters. The number of carbonyl (C=O) groups excluding carboxylic acids is 1. The van der Waals surface area contributed by atoms with Crippen LogP contribution in [0.15, 0.2) is 30.3 Å². The first-order chi connectivity index (χ1) is 11.7. The molecule has 0 saturated carbocycles. The van der Waals surface area contributed by atoms with Gasteiger partial charge in [0.25, 0.3) is 5.91 Å². The molecular weight excluding hydrogens is 304 g/mol. The molecule has 5 heteroatoms. The zero-order chi connectivity index (χ0) is 16.4. The summed E-state index contributed by atoms with van der Waals surface area (Å²) >= 11 is 0. The van der Waals surface area contributed by atoms with Crippen molar-refractivity contribution in [3.63, 3.8) is 0 Å². The number of likely N-dealkylation sites (tertiary alicyclic amines) is 2. The summed E-state index contributed by atoms with van der Waals surface area (Å²) in [5.74, 6) is 0.790. The Balaban J connectivity index is 1.23. The lowest BCUT2D eigenvalue weighted by molar-refractivity contribution is -0.159. The fourth-order valence-corrected chi connectivity index (χ4v) is 4.14. The third kappa shape index (κ3) is 3.28. The first kappa shape index (κ1) is 15.9. The van der Waals surface area contributed by atoms with Crippen LogP contribution in [0.3, 0.4) is 0 Å². The number of para-hydroxylation sites is 1. The molecule has 1 aromatic carbocycles. The largest absolute Gasteiger partial charge is 0.484 e. The van der Waals surface area contributed by atoms with E-state index < -0.39 is 0 Å². The normalized spacial score (nSPS) is 26.3. The Morgan fingerprint density at radius 2 is 1.92 bits per heavy atom. The molecule has 130 valence electrons. The van der Waals surface area contributed by atoms with Gasteiger partial charge in [-0.1, -0.05) is 24.6 Å². The van der Waals surface area contributed by atoms with Crippen molar-refractivity contribution in [2.24, 2.45) is 0 Å². The summed E-state index contributed by atoms with van der Waals surface area (Å²) in [6.07, 6.45) is 5.05. The molecule has 1 spiro atoms. The van der Waals surface area contributed by atoms with Gasteiger partial charge in [0.1, 0.15) is 11.4 Å². The molecule has 3 aliphatic rings. The van der Waals surface area contributed by atoms with E-state index in [-0.39, 0.29) is 18.1 Å². The van der Waals surface area contributed by atoms with Crippen LogP contribution in [0.1, 0.15) is 25.7 Å². The van der Waals surface area contributed by atoms with E-state index in [1.807, 2.05) is 35.2 Å². The second-order valence-electron chi connectivity index (χ2n) is 7.30. The van der Waals surface area contributed by atoms with Crippen LogP contribution in [0.2, 0.25) is 0 Å². The smallest absolute Gasteiger partial charge is 0.260 e. The molecule has 3 heterocycles. The number of benzene rings is 1. The van der Waals surface area contributed by atoms with Gasteiger partial charge in [-0.15, -0.1) is 0 Å². The zero-order valence-electron chi connectivity index (χ0n) is 14.2. The van der Waals surface area contributed by atoms with Crippen molar-refractivity contribution in [3.05, 3.63) is 30.3 Å². The molecule has 1 aromatic rings. The van der Waals surface area contributed by atoms with E-state index in [9.17, 15) is 4.79 Å². The van der Waals surface area contributed by atoms with Gasteiger partial charge in [-0.25, -0.2) is 0 Å². The van der Waals surface area contributed by atoms with E-state index in [4.69, 9.17) is 9.47 Å². The van der Waals surface area contributed by atoms with Crippen LogP contribution in [-0.4, -0.2) is 66.7 Å². The molecule has 0 radical (unpaired) electrons. The SMILES string of the molecule is O=C(COc1ccccc1)N1CC2(CC(N3CCCCC3)CO2)C1. The first-order valence-corrected chi connectivity index (χ1v) is 9.08. The predicted molar refractivity (Wildman–Crippen MR) is 91.0 cm³/mol. The van der Waals surface area contributed by atoms with Crippen LogP contribution in [0.4, 0.5) is 0 Å². The van der Waals surface area contributed by atoms with Crippen LogP contribution in [0, 0.1) is 0 Å². The van der Waals surface area contributed by atoms with Gasteiger partial charge >= 0.3 is 0 Å². The fourth-order valence-electron chi connectivity index (χ4n) is 4.14. The van der Waals surface area contributed by atoms with Gasteiger partial charge in [0.15, 0.2) is 6.61 Å². The number of piperidine rings is 1. The van der Waals surface area contributed by atoms with E-state index in [2.05, 4.69) is 4.90 Å². The van der Waals surface area contributed by atoms with Crippen molar-refractivity contribution >= 4 is 5.91 Å². The Bertz CT molecular complexity index is 565. The zero-order valence-corrected chi connectivity index (χ0v) is 14.2. The molecule has 0 N–H and O–H groups in total. The molecule has 1 amide bonds. The topological polar surface area (TPSA) is 42.0 Å². The summed E-state index contributed by atoms with van der Waals surface area (Å²) in [6, 6.07) is 10.0. The van der Waals surface area contributed by atoms with Gasteiger partial charge in [0.05, 0.1) is 19.7 Å². The van der Waals surface area contributed by atoms with Crippen molar-refractivity contribution in [2.45, 2.75) is 37.3 Å². The van der Waals surface area contributed by atoms with Crippen molar-refractivity contribution in [3.8, 4) is 5.75 Å². The molecule has 5 nitrogen and oxygen atoms in total. The number of rotatable bonds is 4. The van der Waals surface area contributed by atoms with Gasteiger partial charge in [-0.05, 0) is 44.5 Å². The standard InChI is InChI=1S/C19H26N2O3/c22-18(13-23-17-7-3-1-4-8-17)21-14-19(15-21)11-16(12-24-19)20-9-5-2-6-10-20/h1,3-4,7-8,16H,2,5-6,9-15H2. The summed E-state index contributed by atoms with van der Waals surface area (Å²) in [5, 5.41) is 0. The highest BCUT2D eigenvalue weighted by Gasteiger charge is 2.52. The van der Waals surface area contributed by atoms with E-state index in [0.717, 1.165) is 18.8 Å². The quantitative estimate of drug-likeness (QED) is 0.846. The Morgan fingerprint density at radius 3 is 2.67 bits per heavy atom. The Labute approximate surface area is 143 Å². The van der Waals surface area contributed by atoms with Crippen LogP contribution < -0.4 is 4.74 Å². The minimum Gasteiger partial charge on any atom is -0.484 e. The second-order valence-corrected chi connectivity index (χ2v) is 7.30. The molecule has 0 bridgehead atoms. The van der Waals surface area contributed by atoms with Crippen LogP contribution in [0.5, 0.6) is 5.75 Å². The molecule has 4 rings (SSSR count). The maximum Gasteiger partial charge on any atom is 0.260 e. The van der Waals surface area contributed by atoms with E-state index >= 15 is 0 Å². The van der Waals surface area contributed by atoms with Gasteiger partial charge in [0.2, 0.25) is 0 Å². The average Bonchev–Trinajstić information content (AvgIpc) is 3.06. The van der Waals surface area contributed by atoms with E-state index in [1.165, 1.54) is 32.4 Å². The van der Waals surface area contributed by atoms with E-state index in [0.29, 0.717) is 19.1 Å². The number of nitrogens with zero attached hydrogens (tertiary/aromatic N) is 2. The Hall–Kier alpha value is -1.59. The fraction of sp³-hybridized carbons (Fsp3) is 0.632. The summed E-state index contributed by atoms with van der Waals surface area (Å²) in [5.41, 5.74) is -0.0927. The predicted octanol–water partition coefficient (Wildman–Crippen LogP) is 1.92. The Kier molecular flexibility index (Phi) is 4.46. The molecule has 3 aliphatic heterocycles. The lowest BCUT2D eigenvalue weighted by Crippen LogP contribution is -2.64. The van der Waals surface area contributed by atoms with Gasteiger partial charge in [-0.2, -0.15) is 0 Å². The summed E-state index contributed by atoms with van der Waals surface area (Å²) in [7, 11) is 0. The van der Waals surface area contributed by atoms with Crippen molar-refractivity contribution in [1.82, 2.24) is 9.80 Å². The second kappa shape index (κ2) is 6.73. The minimum absolute atomic E-state index is 0.0505. The Morgan fingerprint density at radius 1 is 1.17 bits per heavy atom. The summed E-state index contributed by atoms with van der Waals surface area (Å²) in [4.78, 5) is 16.7. The molecule has 0 aliphatic carbocycles. The maximum absolute atomic E-state index is 12.3. The minimum atomic E-state index is -0.0927. The monoisotopic (exact) mass is 330 g/mol. The first-order valence-electron chi connectivity index (χ1n) is 9.08. The third-order valence-corrected chi connectivity index (χ3v) is 5.51. The van der Waals surface area contributed by atoms with E-state index in [1.54, 1.807) is 0 Å². The number of hydrogen-bond donors (Lipinski definition) is 0. The van der Waals surface area contributed by atoms with Crippen LogP contribution in [0.25, 0.3) is 0 Å². The van der Waals surface area contributed by atoms with Gasteiger partial charge in [-0.3, -0.25) is 9.69 Å². The molecule has 3 fully saturated rings. The van der Waals surface area contributed by atoms with Crippen LogP contribution in [-0.2, 0) is 9.53 Å². The molecule has 1 unspecified atom stereocenters. The van der Waals surface area contributed by atoms with Crippen molar-refractivity contribution in [1.29, 1.82) is 0 Å². The van der Waals surface area contributed by atoms with Crippen LogP contribution >= 0.6 is 0 Å². The average molecular weight is 330 g/mol. The number of hydrogen-bond acceptors (Lipinski definition) is 4. The highest BCUT2D eigenvalue weighted by Crippen LogP contribution is 2.37. The highest BCUT2D eigenvalue weighted by atomic mass is 16.5. The molecular formula is C19H26N2O3. The third-order valence-electron chi connectivity index (χ3n) is 5.51. The number of ether oxygens (including phenoxy) is 2. The lowest BCUT2D eigenvalue weighted by atomic mass is 9.88. The van der Waals surface area contributed by atoms with Gasteiger partial charge in [0, 0.05) is 6.04 Å². The summed E-state index contributed by atoms with van der Waals surface area (Å²) < 4.78 is 11.7. The number of carbonyl (C=O) groups is 1. The number of amides is 1. The maximum atomic E-state index is 12.3. The molecule has 24 heavy (non-hydrogen) atoms. The summed E-state index contributed by atoms with van der Waals surface area (Å²) in [6.45, 7) is 4.77. The molecule has 0 aromatic heterocycles. The highest BCUT2D eigenvalue weighted by molar-refractivity contribution is 5.79. The molecule has 3 saturated heterocycles.